The first-order valence-electron chi connectivity index (χ1n) is 6.81. The molecule has 0 aromatic heterocycles. The van der Waals surface area contributed by atoms with E-state index >= 15 is 0 Å². The number of hydrogen-bond acceptors (Lipinski definition) is 3. The fourth-order valence-electron chi connectivity index (χ4n) is 2.90. The molecule has 2 unspecified atom stereocenters. The van der Waals surface area contributed by atoms with Gasteiger partial charge in [-0.05, 0) is 44.1 Å². The van der Waals surface area contributed by atoms with Crippen molar-refractivity contribution < 1.29 is 4.74 Å². The maximum atomic E-state index is 6.05. The van der Waals surface area contributed by atoms with Crippen molar-refractivity contribution in [1.82, 2.24) is 0 Å². The van der Waals surface area contributed by atoms with Crippen LogP contribution in [-0.4, -0.2) is 29.8 Å². The Morgan fingerprint density at radius 2 is 2.17 bits per heavy atom. The minimum Gasteiger partial charge on any atom is -0.382 e. The molecule has 3 heteroatoms. The molecule has 1 N–H and O–H groups in total. The van der Waals surface area contributed by atoms with Gasteiger partial charge in [0.25, 0.3) is 0 Å². The zero-order chi connectivity index (χ0) is 12.4. The molecule has 0 bridgehead atoms. The maximum Gasteiger partial charge on any atom is 0.0799 e. The summed E-state index contributed by atoms with van der Waals surface area (Å²) >= 11 is 2.04. The molecule has 1 aromatic carbocycles. The molecule has 1 spiro atoms. The highest BCUT2D eigenvalue weighted by atomic mass is 32.2. The molecule has 0 radical (unpaired) electrons. The van der Waals surface area contributed by atoms with Gasteiger partial charge in [-0.2, -0.15) is 11.8 Å². The van der Waals surface area contributed by atoms with Crippen LogP contribution in [0.2, 0.25) is 0 Å². The molecule has 2 nitrogen and oxygen atoms in total. The predicted molar refractivity (Wildman–Crippen MR) is 78.4 cm³/mol. The quantitative estimate of drug-likeness (QED) is 0.883. The Kier molecular flexibility index (Phi) is 3.53. The number of benzene rings is 1. The number of aryl methyl sites for hydroxylation is 1. The van der Waals surface area contributed by atoms with E-state index in [1.54, 1.807) is 0 Å². The highest BCUT2D eigenvalue weighted by Gasteiger charge is 2.40. The van der Waals surface area contributed by atoms with Gasteiger partial charge in [-0.15, -0.1) is 0 Å². The molecule has 2 heterocycles. The molecule has 18 heavy (non-hydrogen) atoms. The smallest absolute Gasteiger partial charge is 0.0799 e. The molecule has 2 saturated heterocycles. The summed E-state index contributed by atoms with van der Waals surface area (Å²) in [5, 5.41) is 3.67. The number of ether oxygens (including phenoxy) is 1. The molecule has 0 saturated carbocycles. The van der Waals surface area contributed by atoms with Crippen LogP contribution in [0.3, 0.4) is 0 Å². The molecule has 2 fully saturated rings. The summed E-state index contributed by atoms with van der Waals surface area (Å²) in [6.07, 6.45) is 3.51. The van der Waals surface area contributed by atoms with E-state index in [0.29, 0.717) is 6.04 Å². The first-order valence-corrected chi connectivity index (χ1v) is 7.96. The number of thioether (sulfide) groups is 1. The Morgan fingerprint density at radius 1 is 1.33 bits per heavy atom. The summed E-state index contributed by atoms with van der Waals surface area (Å²) in [7, 11) is 0. The molecule has 2 atom stereocenters. The lowest BCUT2D eigenvalue weighted by atomic mass is 9.90. The van der Waals surface area contributed by atoms with Gasteiger partial charge in [-0.1, -0.05) is 17.7 Å². The monoisotopic (exact) mass is 263 g/mol. The van der Waals surface area contributed by atoms with Crippen molar-refractivity contribution in [3.8, 4) is 0 Å². The summed E-state index contributed by atoms with van der Waals surface area (Å²) in [5.41, 5.74) is 2.73. The van der Waals surface area contributed by atoms with Gasteiger partial charge in [0, 0.05) is 24.1 Å². The number of nitrogens with one attached hydrogen (secondary N) is 1. The predicted octanol–water partition coefficient (Wildman–Crippen LogP) is 3.46. The third-order valence-corrected chi connectivity index (χ3v) is 5.21. The molecule has 0 aliphatic carbocycles. The van der Waals surface area contributed by atoms with Crippen LogP contribution in [0.25, 0.3) is 0 Å². The van der Waals surface area contributed by atoms with E-state index in [0.717, 1.165) is 19.4 Å². The van der Waals surface area contributed by atoms with Gasteiger partial charge >= 0.3 is 0 Å². The minimum absolute atomic E-state index is 0.172. The van der Waals surface area contributed by atoms with E-state index in [4.69, 9.17) is 4.74 Å². The maximum absolute atomic E-state index is 6.05. The van der Waals surface area contributed by atoms with Crippen LogP contribution in [0.15, 0.2) is 24.3 Å². The van der Waals surface area contributed by atoms with Crippen LogP contribution in [-0.2, 0) is 4.74 Å². The summed E-state index contributed by atoms with van der Waals surface area (Å²) < 4.78 is 6.05. The van der Waals surface area contributed by atoms with E-state index in [1.165, 1.54) is 29.2 Å². The first-order chi connectivity index (χ1) is 8.76. The van der Waals surface area contributed by atoms with Crippen LogP contribution in [0.1, 0.15) is 24.8 Å². The lowest BCUT2D eigenvalue weighted by Gasteiger charge is -2.38. The van der Waals surface area contributed by atoms with Crippen molar-refractivity contribution >= 4 is 17.4 Å². The second-order valence-electron chi connectivity index (χ2n) is 5.53. The highest BCUT2D eigenvalue weighted by molar-refractivity contribution is 7.99. The van der Waals surface area contributed by atoms with Crippen LogP contribution in [0.4, 0.5) is 5.69 Å². The van der Waals surface area contributed by atoms with Gasteiger partial charge in [0.2, 0.25) is 0 Å². The standard InChI is InChI=1S/C15H21NOS/c1-12-2-4-13(5-3-12)16-14-6-8-17-15(10-14)7-9-18-11-15/h2-5,14,16H,6-11H2,1H3. The SMILES string of the molecule is Cc1ccc(NC2CCOC3(CCSC3)C2)cc1. The van der Waals surface area contributed by atoms with Crippen molar-refractivity contribution in [1.29, 1.82) is 0 Å². The van der Waals surface area contributed by atoms with Crippen molar-refractivity contribution in [2.75, 3.05) is 23.4 Å². The van der Waals surface area contributed by atoms with E-state index in [9.17, 15) is 0 Å². The highest BCUT2D eigenvalue weighted by Crippen LogP contribution is 2.38. The first kappa shape index (κ1) is 12.4. The number of hydrogen-bond donors (Lipinski definition) is 1. The van der Waals surface area contributed by atoms with E-state index in [-0.39, 0.29) is 5.60 Å². The lowest BCUT2D eigenvalue weighted by Crippen LogP contribution is -2.44. The average Bonchev–Trinajstić information content (AvgIpc) is 2.80. The van der Waals surface area contributed by atoms with Crippen LogP contribution < -0.4 is 5.32 Å². The fourth-order valence-corrected chi connectivity index (χ4v) is 4.28. The minimum atomic E-state index is 0.172. The second kappa shape index (κ2) is 5.14. The molecular weight excluding hydrogens is 242 g/mol. The fraction of sp³-hybridized carbons (Fsp3) is 0.600. The van der Waals surface area contributed by atoms with Crippen molar-refractivity contribution in [3.63, 3.8) is 0 Å². The third-order valence-electron chi connectivity index (χ3n) is 3.98. The van der Waals surface area contributed by atoms with Gasteiger partial charge in [-0.3, -0.25) is 0 Å². The van der Waals surface area contributed by atoms with Gasteiger partial charge in [0.15, 0.2) is 0 Å². The average molecular weight is 263 g/mol. The lowest BCUT2D eigenvalue weighted by molar-refractivity contribution is -0.0628. The normalized spacial score (nSPS) is 31.7. The van der Waals surface area contributed by atoms with Crippen molar-refractivity contribution in [2.24, 2.45) is 0 Å². The van der Waals surface area contributed by atoms with Crippen molar-refractivity contribution in [3.05, 3.63) is 29.8 Å². The number of rotatable bonds is 2. The zero-order valence-electron chi connectivity index (χ0n) is 10.9. The topological polar surface area (TPSA) is 21.3 Å². The molecule has 2 aliphatic heterocycles. The molecule has 1 aromatic rings. The summed E-state index contributed by atoms with van der Waals surface area (Å²) in [5.74, 6) is 2.44. The molecule has 2 aliphatic rings. The van der Waals surface area contributed by atoms with Gasteiger partial charge in [0.1, 0.15) is 0 Å². The Morgan fingerprint density at radius 3 is 2.89 bits per heavy atom. The van der Waals surface area contributed by atoms with Crippen molar-refractivity contribution in [2.45, 2.75) is 37.8 Å². The van der Waals surface area contributed by atoms with Crippen LogP contribution in [0.5, 0.6) is 0 Å². The van der Waals surface area contributed by atoms with E-state index < -0.39 is 0 Å². The molecule has 98 valence electrons. The third kappa shape index (κ3) is 2.67. The van der Waals surface area contributed by atoms with Crippen LogP contribution in [0, 0.1) is 6.92 Å². The van der Waals surface area contributed by atoms with Gasteiger partial charge < -0.3 is 10.1 Å². The summed E-state index contributed by atoms with van der Waals surface area (Å²) in [6, 6.07) is 9.27. The molecule has 0 amide bonds. The Balaban J connectivity index is 1.64. The number of anilines is 1. The van der Waals surface area contributed by atoms with E-state index in [1.807, 2.05) is 11.8 Å². The Hall–Kier alpha value is -0.670. The summed E-state index contributed by atoms with van der Waals surface area (Å²) in [6.45, 7) is 3.03. The largest absolute Gasteiger partial charge is 0.382 e. The summed E-state index contributed by atoms with van der Waals surface area (Å²) in [4.78, 5) is 0. The molecular formula is C15H21NOS. The Labute approximate surface area is 113 Å². The second-order valence-corrected chi connectivity index (χ2v) is 6.64. The molecule has 3 rings (SSSR count). The Bertz CT molecular complexity index is 397. The van der Waals surface area contributed by atoms with E-state index in [2.05, 4.69) is 36.5 Å². The van der Waals surface area contributed by atoms with Gasteiger partial charge in [-0.25, -0.2) is 0 Å². The van der Waals surface area contributed by atoms with Crippen LogP contribution >= 0.6 is 11.8 Å². The van der Waals surface area contributed by atoms with Gasteiger partial charge in [0.05, 0.1) is 5.60 Å². The zero-order valence-corrected chi connectivity index (χ0v) is 11.8.